The molecule has 6 nitrogen and oxygen atoms in total. The van der Waals surface area contributed by atoms with E-state index in [2.05, 4.69) is 19.9 Å². The summed E-state index contributed by atoms with van der Waals surface area (Å²) < 4.78 is 7.68. The SMILES string of the molecule is Cc1nc2ccc(NC(=O)CC3(n4cccc4)CCOCC3)cc2[nH]1. The monoisotopic (exact) mass is 338 g/mol. The van der Waals surface area contributed by atoms with Gasteiger partial charge in [0.1, 0.15) is 5.82 Å². The maximum Gasteiger partial charge on any atom is 0.226 e. The number of fused-ring (bicyclic) bond motifs is 1. The largest absolute Gasteiger partial charge is 0.381 e. The van der Waals surface area contributed by atoms with E-state index in [0.29, 0.717) is 19.6 Å². The lowest BCUT2D eigenvalue weighted by Gasteiger charge is -2.38. The van der Waals surface area contributed by atoms with E-state index in [0.717, 1.165) is 35.4 Å². The number of carbonyl (C=O) groups excluding carboxylic acids is 1. The van der Waals surface area contributed by atoms with Gasteiger partial charge in [0, 0.05) is 31.3 Å². The summed E-state index contributed by atoms with van der Waals surface area (Å²) in [6.07, 6.45) is 6.20. The van der Waals surface area contributed by atoms with Crippen molar-refractivity contribution in [1.82, 2.24) is 14.5 Å². The molecule has 1 amide bonds. The maximum absolute atomic E-state index is 12.7. The Hall–Kier alpha value is -2.60. The molecule has 3 heterocycles. The van der Waals surface area contributed by atoms with Crippen LogP contribution in [-0.2, 0) is 15.1 Å². The molecular formula is C19H22N4O2. The third-order valence-corrected chi connectivity index (χ3v) is 4.95. The minimum atomic E-state index is -0.208. The number of H-pyrrole nitrogens is 1. The number of hydrogen-bond acceptors (Lipinski definition) is 3. The number of ether oxygens (including phenoxy) is 1. The van der Waals surface area contributed by atoms with Gasteiger partial charge in [0.2, 0.25) is 5.91 Å². The Morgan fingerprint density at radius 3 is 2.84 bits per heavy atom. The van der Waals surface area contributed by atoms with Crippen molar-refractivity contribution in [1.29, 1.82) is 0 Å². The predicted octanol–water partition coefficient (Wildman–Crippen LogP) is 3.21. The quantitative estimate of drug-likeness (QED) is 0.767. The molecule has 1 saturated heterocycles. The first kappa shape index (κ1) is 15.9. The zero-order valence-corrected chi connectivity index (χ0v) is 14.3. The summed E-state index contributed by atoms with van der Waals surface area (Å²) >= 11 is 0. The molecule has 0 unspecified atom stereocenters. The van der Waals surface area contributed by atoms with Crippen LogP contribution in [0.5, 0.6) is 0 Å². The molecule has 4 rings (SSSR count). The van der Waals surface area contributed by atoms with Crippen molar-refractivity contribution >= 4 is 22.6 Å². The Balaban J connectivity index is 1.52. The predicted molar refractivity (Wildman–Crippen MR) is 96.5 cm³/mol. The van der Waals surface area contributed by atoms with E-state index >= 15 is 0 Å². The lowest BCUT2D eigenvalue weighted by Crippen LogP contribution is -2.42. The van der Waals surface area contributed by atoms with Gasteiger partial charge in [-0.2, -0.15) is 0 Å². The van der Waals surface area contributed by atoms with Crippen LogP contribution in [0.1, 0.15) is 25.1 Å². The van der Waals surface area contributed by atoms with Crippen LogP contribution in [0.15, 0.2) is 42.7 Å². The summed E-state index contributed by atoms with van der Waals surface area (Å²) in [6, 6.07) is 9.75. The normalized spacial score (nSPS) is 16.8. The fraction of sp³-hybridized carbons (Fsp3) is 0.368. The van der Waals surface area contributed by atoms with Gasteiger partial charge in [0.25, 0.3) is 0 Å². The van der Waals surface area contributed by atoms with E-state index in [-0.39, 0.29) is 11.4 Å². The molecule has 6 heteroatoms. The standard InChI is InChI=1S/C19H22N4O2/c1-14-20-16-5-4-15(12-17(16)21-14)22-18(24)13-19(6-10-25-11-7-19)23-8-2-3-9-23/h2-5,8-9,12H,6-7,10-11,13H2,1H3,(H,20,21)(H,22,24). The average molecular weight is 338 g/mol. The number of rotatable bonds is 4. The number of aromatic amines is 1. The van der Waals surface area contributed by atoms with E-state index in [4.69, 9.17) is 4.74 Å². The number of nitrogens with one attached hydrogen (secondary N) is 2. The van der Waals surface area contributed by atoms with Gasteiger partial charge >= 0.3 is 0 Å². The maximum atomic E-state index is 12.7. The summed E-state index contributed by atoms with van der Waals surface area (Å²) in [5.74, 6) is 0.887. The van der Waals surface area contributed by atoms with Gasteiger partial charge in [0.15, 0.2) is 0 Å². The third kappa shape index (κ3) is 3.17. The summed E-state index contributed by atoms with van der Waals surface area (Å²) in [5.41, 5.74) is 2.42. The smallest absolute Gasteiger partial charge is 0.226 e. The van der Waals surface area contributed by atoms with E-state index < -0.39 is 0 Å². The van der Waals surface area contributed by atoms with Crippen LogP contribution in [0, 0.1) is 6.92 Å². The summed E-state index contributed by atoms with van der Waals surface area (Å²) in [7, 11) is 0. The van der Waals surface area contributed by atoms with Crippen LogP contribution in [0.2, 0.25) is 0 Å². The van der Waals surface area contributed by atoms with Crippen LogP contribution in [0.3, 0.4) is 0 Å². The second-order valence-electron chi connectivity index (χ2n) is 6.71. The highest BCUT2D eigenvalue weighted by molar-refractivity contribution is 5.93. The highest BCUT2D eigenvalue weighted by Crippen LogP contribution is 2.33. The molecule has 130 valence electrons. The zero-order valence-electron chi connectivity index (χ0n) is 14.3. The average Bonchev–Trinajstić information content (AvgIpc) is 3.24. The molecule has 0 saturated carbocycles. The molecule has 1 fully saturated rings. The van der Waals surface area contributed by atoms with Crippen molar-refractivity contribution in [2.45, 2.75) is 31.7 Å². The fourth-order valence-electron chi connectivity index (χ4n) is 3.65. The molecule has 0 spiro atoms. The van der Waals surface area contributed by atoms with E-state index in [1.54, 1.807) is 0 Å². The number of aromatic nitrogens is 3. The summed E-state index contributed by atoms with van der Waals surface area (Å²) in [4.78, 5) is 20.3. The molecule has 0 aliphatic carbocycles. The van der Waals surface area contributed by atoms with Crippen LogP contribution < -0.4 is 5.32 Å². The van der Waals surface area contributed by atoms with Gasteiger partial charge in [-0.25, -0.2) is 4.98 Å². The summed E-state index contributed by atoms with van der Waals surface area (Å²) in [6.45, 7) is 3.29. The molecular weight excluding hydrogens is 316 g/mol. The second-order valence-corrected chi connectivity index (χ2v) is 6.71. The Bertz CT molecular complexity index is 876. The number of imidazole rings is 1. The zero-order chi connectivity index (χ0) is 17.3. The molecule has 3 aromatic rings. The topological polar surface area (TPSA) is 71.9 Å². The van der Waals surface area contributed by atoms with Crippen LogP contribution in [-0.4, -0.2) is 33.7 Å². The van der Waals surface area contributed by atoms with Crippen molar-refractivity contribution in [3.05, 3.63) is 48.5 Å². The summed E-state index contributed by atoms with van der Waals surface area (Å²) in [5, 5.41) is 3.04. The Labute approximate surface area is 146 Å². The molecule has 1 aliphatic heterocycles. The highest BCUT2D eigenvalue weighted by atomic mass is 16.5. The van der Waals surface area contributed by atoms with Crippen molar-refractivity contribution < 1.29 is 9.53 Å². The van der Waals surface area contributed by atoms with E-state index in [1.165, 1.54) is 0 Å². The molecule has 2 N–H and O–H groups in total. The number of aryl methyl sites for hydroxylation is 1. The van der Waals surface area contributed by atoms with Gasteiger partial charge in [-0.15, -0.1) is 0 Å². The molecule has 1 aliphatic rings. The van der Waals surface area contributed by atoms with Gasteiger partial charge in [-0.1, -0.05) is 0 Å². The molecule has 25 heavy (non-hydrogen) atoms. The first-order chi connectivity index (χ1) is 12.1. The molecule has 0 bridgehead atoms. The third-order valence-electron chi connectivity index (χ3n) is 4.95. The van der Waals surface area contributed by atoms with Crippen molar-refractivity contribution in [2.24, 2.45) is 0 Å². The number of benzene rings is 1. The van der Waals surface area contributed by atoms with Crippen molar-refractivity contribution in [2.75, 3.05) is 18.5 Å². The molecule has 0 radical (unpaired) electrons. The minimum Gasteiger partial charge on any atom is -0.381 e. The van der Waals surface area contributed by atoms with Crippen molar-refractivity contribution in [3.8, 4) is 0 Å². The van der Waals surface area contributed by atoms with E-state index in [1.807, 2.05) is 49.6 Å². The lowest BCUT2D eigenvalue weighted by atomic mass is 9.86. The number of nitrogens with zero attached hydrogens (tertiary/aromatic N) is 2. The Morgan fingerprint density at radius 1 is 1.32 bits per heavy atom. The Kier molecular flexibility index (Phi) is 4.05. The van der Waals surface area contributed by atoms with Crippen molar-refractivity contribution in [3.63, 3.8) is 0 Å². The first-order valence-electron chi connectivity index (χ1n) is 8.62. The van der Waals surface area contributed by atoms with Gasteiger partial charge in [-0.3, -0.25) is 4.79 Å². The number of hydrogen-bond donors (Lipinski definition) is 2. The molecule has 1 aromatic carbocycles. The molecule has 2 aromatic heterocycles. The van der Waals surface area contributed by atoms with Gasteiger partial charge in [0.05, 0.1) is 23.0 Å². The van der Waals surface area contributed by atoms with Crippen LogP contribution in [0.25, 0.3) is 11.0 Å². The Morgan fingerprint density at radius 2 is 2.08 bits per heavy atom. The second kappa shape index (κ2) is 6.37. The van der Waals surface area contributed by atoms with Crippen LogP contribution >= 0.6 is 0 Å². The van der Waals surface area contributed by atoms with Gasteiger partial charge in [-0.05, 0) is 50.1 Å². The van der Waals surface area contributed by atoms with Crippen LogP contribution in [0.4, 0.5) is 5.69 Å². The number of carbonyl (C=O) groups is 1. The fourth-order valence-corrected chi connectivity index (χ4v) is 3.65. The molecule has 0 atom stereocenters. The highest BCUT2D eigenvalue weighted by Gasteiger charge is 2.36. The first-order valence-corrected chi connectivity index (χ1v) is 8.62. The lowest BCUT2D eigenvalue weighted by molar-refractivity contribution is -0.119. The minimum absolute atomic E-state index is 0.0196. The number of anilines is 1. The number of amides is 1. The van der Waals surface area contributed by atoms with E-state index in [9.17, 15) is 4.79 Å². The van der Waals surface area contributed by atoms with Gasteiger partial charge < -0.3 is 19.6 Å².